The first-order chi connectivity index (χ1) is 12.3. The maximum atomic E-state index is 11.1. The number of benzene rings is 2. The van der Waals surface area contributed by atoms with E-state index in [-0.39, 0.29) is 0 Å². The van der Waals surface area contributed by atoms with E-state index in [4.69, 9.17) is 4.74 Å². The normalized spacial score (nSPS) is 10.8. The lowest BCUT2D eigenvalue weighted by molar-refractivity contribution is 0.112. The van der Waals surface area contributed by atoms with Crippen LogP contribution < -0.4 is 4.74 Å². The minimum absolute atomic E-state index is 0.659. The van der Waals surface area contributed by atoms with Gasteiger partial charge in [0.25, 0.3) is 0 Å². The number of fused-ring (bicyclic) bond motifs is 1. The number of pyridine rings is 1. The Morgan fingerprint density at radius 1 is 1.00 bits per heavy atom. The molecule has 0 aliphatic rings. The topological polar surface area (TPSA) is 39.2 Å². The molecule has 0 saturated heterocycles. The van der Waals surface area contributed by atoms with Gasteiger partial charge in [0.2, 0.25) is 0 Å². The molecule has 2 aromatic carbocycles. The van der Waals surface area contributed by atoms with E-state index in [0.717, 1.165) is 38.9 Å². The van der Waals surface area contributed by atoms with E-state index in [1.54, 1.807) is 24.5 Å². The van der Waals surface area contributed by atoms with Gasteiger partial charge in [0.1, 0.15) is 12.0 Å². The number of methoxy groups -OCH3 is 1. The molecule has 0 unspecified atom stereocenters. The molecule has 25 heavy (non-hydrogen) atoms. The number of carbonyl (C=O) groups is 1. The average Bonchev–Trinajstić information content (AvgIpc) is 3.17. The number of thiophene rings is 1. The molecule has 0 saturated carbocycles. The quantitative estimate of drug-likeness (QED) is 0.462. The summed E-state index contributed by atoms with van der Waals surface area (Å²) in [5.74, 6) is 0.845. The number of rotatable bonds is 4. The number of aromatic nitrogens is 1. The lowest BCUT2D eigenvalue weighted by Crippen LogP contribution is -1.85. The van der Waals surface area contributed by atoms with Gasteiger partial charge >= 0.3 is 0 Å². The first-order valence-electron chi connectivity index (χ1n) is 7.87. The molecule has 3 nitrogen and oxygen atoms in total. The second kappa shape index (κ2) is 6.49. The third-order valence-corrected chi connectivity index (χ3v) is 5.30. The maximum absolute atomic E-state index is 11.1. The highest BCUT2D eigenvalue weighted by Crippen LogP contribution is 2.38. The van der Waals surface area contributed by atoms with Crippen LogP contribution in [-0.4, -0.2) is 18.4 Å². The molecule has 0 amide bonds. The summed E-state index contributed by atoms with van der Waals surface area (Å²) in [4.78, 5) is 17.8. The highest BCUT2D eigenvalue weighted by atomic mass is 32.1. The molecular formula is C21H15NO2S. The predicted molar refractivity (Wildman–Crippen MR) is 102 cm³/mol. The summed E-state index contributed by atoms with van der Waals surface area (Å²) < 4.78 is 5.31. The number of hydrogen-bond acceptors (Lipinski definition) is 4. The van der Waals surface area contributed by atoms with E-state index in [1.165, 1.54) is 4.88 Å². The highest BCUT2D eigenvalue weighted by Gasteiger charge is 2.10. The van der Waals surface area contributed by atoms with Gasteiger partial charge in [-0.2, -0.15) is 0 Å². The molecule has 0 aliphatic heterocycles. The van der Waals surface area contributed by atoms with Crippen molar-refractivity contribution in [3.8, 4) is 26.6 Å². The molecule has 4 rings (SSSR count). The summed E-state index contributed by atoms with van der Waals surface area (Å²) in [5, 5.41) is 0.992. The van der Waals surface area contributed by atoms with Crippen molar-refractivity contribution in [1.29, 1.82) is 0 Å². The Morgan fingerprint density at radius 3 is 2.72 bits per heavy atom. The van der Waals surface area contributed by atoms with Crippen molar-refractivity contribution < 1.29 is 9.53 Å². The average molecular weight is 345 g/mol. The fourth-order valence-corrected chi connectivity index (χ4v) is 3.91. The van der Waals surface area contributed by atoms with Crippen molar-refractivity contribution in [3.05, 3.63) is 72.4 Å². The summed E-state index contributed by atoms with van der Waals surface area (Å²) in [5.41, 5.74) is 3.76. The minimum atomic E-state index is 0.659. The molecular weight excluding hydrogens is 330 g/mol. The van der Waals surface area contributed by atoms with Crippen molar-refractivity contribution in [2.24, 2.45) is 0 Å². The number of nitrogens with zero attached hydrogens (tertiary/aromatic N) is 1. The number of ether oxygens (including phenoxy) is 1. The van der Waals surface area contributed by atoms with Crippen LogP contribution >= 0.6 is 11.3 Å². The van der Waals surface area contributed by atoms with Crippen LogP contribution in [0, 0.1) is 0 Å². The summed E-state index contributed by atoms with van der Waals surface area (Å²) in [6.07, 6.45) is 2.68. The Kier molecular flexibility index (Phi) is 4.04. The largest absolute Gasteiger partial charge is 0.497 e. The predicted octanol–water partition coefficient (Wildman–Crippen LogP) is 5.45. The molecule has 0 aliphatic carbocycles. The molecule has 0 fully saturated rings. The van der Waals surface area contributed by atoms with Crippen LogP contribution in [0.2, 0.25) is 0 Å². The molecule has 0 radical (unpaired) electrons. The zero-order chi connectivity index (χ0) is 17.2. The molecule has 0 N–H and O–H groups in total. The number of carbonyl (C=O) groups excluding carboxylic acids is 1. The summed E-state index contributed by atoms with van der Waals surface area (Å²) in [7, 11) is 1.67. The first-order valence-corrected chi connectivity index (χ1v) is 8.69. The Balaban J connectivity index is 1.82. The second-order valence-electron chi connectivity index (χ2n) is 5.65. The SMILES string of the molecule is COc1cccc(-c2ccc(-c3ccnc4ccc(C=O)cc34)s2)c1. The molecule has 0 atom stereocenters. The third-order valence-electron chi connectivity index (χ3n) is 4.13. The van der Waals surface area contributed by atoms with Crippen molar-refractivity contribution in [2.45, 2.75) is 0 Å². The maximum Gasteiger partial charge on any atom is 0.150 e. The Hall–Kier alpha value is -2.98. The monoisotopic (exact) mass is 345 g/mol. The second-order valence-corrected chi connectivity index (χ2v) is 6.73. The van der Waals surface area contributed by atoms with E-state index in [9.17, 15) is 4.79 Å². The highest BCUT2D eigenvalue weighted by molar-refractivity contribution is 7.18. The standard InChI is InChI=1S/C21H15NO2S/c1-24-16-4-2-3-15(12-16)20-7-8-21(25-20)17-9-10-22-19-6-5-14(13-23)11-18(17)19/h2-13H,1H3. The first kappa shape index (κ1) is 15.5. The molecule has 0 spiro atoms. The van der Waals surface area contributed by atoms with Crippen molar-refractivity contribution in [3.63, 3.8) is 0 Å². The summed E-state index contributed by atoms with van der Waals surface area (Å²) >= 11 is 1.71. The van der Waals surface area contributed by atoms with Gasteiger partial charge in [0.15, 0.2) is 0 Å². The van der Waals surface area contributed by atoms with Gasteiger partial charge < -0.3 is 4.74 Å². The van der Waals surface area contributed by atoms with Crippen molar-refractivity contribution >= 4 is 28.5 Å². The molecule has 4 aromatic rings. The Bertz CT molecular complexity index is 1070. The van der Waals surface area contributed by atoms with Crippen molar-refractivity contribution in [2.75, 3.05) is 7.11 Å². The van der Waals surface area contributed by atoms with E-state index < -0.39 is 0 Å². The smallest absolute Gasteiger partial charge is 0.150 e. The summed E-state index contributed by atoms with van der Waals surface area (Å²) in [6.45, 7) is 0. The molecule has 0 bridgehead atoms. The van der Waals surface area contributed by atoms with E-state index in [0.29, 0.717) is 5.56 Å². The van der Waals surface area contributed by atoms with Crippen LogP contribution in [0.1, 0.15) is 10.4 Å². The van der Waals surface area contributed by atoms with Gasteiger partial charge in [-0.3, -0.25) is 9.78 Å². The Labute approximate surface area is 149 Å². The van der Waals surface area contributed by atoms with Gasteiger partial charge in [-0.15, -0.1) is 11.3 Å². The Morgan fingerprint density at radius 2 is 1.88 bits per heavy atom. The van der Waals surface area contributed by atoms with Gasteiger partial charge in [0.05, 0.1) is 12.6 Å². The fourth-order valence-electron chi connectivity index (χ4n) is 2.87. The van der Waals surface area contributed by atoms with E-state index in [1.807, 2.05) is 42.6 Å². The zero-order valence-corrected chi connectivity index (χ0v) is 14.4. The van der Waals surface area contributed by atoms with Crippen LogP contribution in [0.4, 0.5) is 0 Å². The van der Waals surface area contributed by atoms with E-state index >= 15 is 0 Å². The summed E-state index contributed by atoms with van der Waals surface area (Å²) in [6, 6.07) is 19.8. The number of aldehydes is 1. The number of hydrogen-bond donors (Lipinski definition) is 0. The van der Waals surface area contributed by atoms with Gasteiger partial charge in [0, 0.05) is 32.5 Å². The fraction of sp³-hybridized carbons (Fsp3) is 0.0476. The lowest BCUT2D eigenvalue weighted by Gasteiger charge is -2.05. The molecule has 4 heteroatoms. The molecule has 2 heterocycles. The molecule has 122 valence electrons. The lowest BCUT2D eigenvalue weighted by atomic mass is 10.1. The van der Waals surface area contributed by atoms with Gasteiger partial charge in [-0.25, -0.2) is 0 Å². The van der Waals surface area contributed by atoms with Crippen LogP contribution in [0.3, 0.4) is 0 Å². The van der Waals surface area contributed by atoms with E-state index in [2.05, 4.69) is 23.2 Å². The van der Waals surface area contributed by atoms with Crippen LogP contribution in [0.15, 0.2) is 66.9 Å². The third kappa shape index (κ3) is 2.92. The zero-order valence-electron chi connectivity index (χ0n) is 13.6. The van der Waals surface area contributed by atoms with Crippen LogP contribution in [-0.2, 0) is 0 Å². The van der Waals surface area contributed by atoms with Gasteiger partial charge in [-0.1, -0.05) is 12.1 Å². The van der Waals surface area contributed by atoms with Crippen LogP contribution in [0.25, 0.3) is 31.8 Å². The van der Waals surface area contributed by atoms with Crippen molar-refractivity contribution in [1.82, 2.24) is 4.98 Å². The van der Waals surface area contributed by atoms with Gasteiger partial charge in [-0.05, 0) is 54.1 Å². The minimum Gasteiger partial charge on any atom is -0.497 e. The van der Waals surface area contributed by atoms with Crippen LogP contribution in [0.5, 0.6) is 5.75 Å². The molecule has 2 aromatic heterocycles.